The van der Waals surface area contributed by atoms with Crippen LogP contribution in [0.3, 0.4) is 0 Å². The van der Waals surface area contributed by atoms with Crippen LogP contribution in [0, 0.1) is 0 Å². The summed E-state index contributed by atoms with van der Waals surface area (Å²) in [5.74, 6) is 0.885. The molecule has 0 aliphatic carbocycles. The van der Waals surface area contributed by atoms with Gasteiger partial charge in [0.05, 0.1) is 6.61 Å². The van der Waals surface area contributed by atoms with E-state index in [9.17, 15) is 0 Å². The van der Waals surface area contributed by atoms with Crippen LogP contribution in [0.15, 0.2) is 42.2 Å². The second-order valence-electron chi connectivity index (χ2n) is 4.36. The van der Waals surface area contributed by atoms with E-state index in [4.69, 9.17) is 14.2 Å². The summed E-state index contributed by atoms with van der Waals surface area (Å²) in [6, 6.07) is 10.1. The third kappa shape index (κ3) is 4.17. The molecule has 3 heteroatoms. The van der Waals surface area contributed by atoms with Crippen molar-refractivity contribution in [3.8, 4) is 0 Å². The minimum Gasteiger partial charge on any atom is -0.467 e. The number of methoxy groups -OCH3 is 1. The van der Waals surface area contributed by atoms with Gasteiger partial charge in [0, 0.05) is 13.5 Å². The molecule has 0 unspecified atom stereocenters. The molecule has 18 heavy (non-hydrogen) atoms. The molecule has 0 bridgehead atoms. The Balaban J connectivity index is 1.77. The maximum Gasteiger partial charge on any atom is 0.199 e. The molecule has 98 valence electrons. The molecule has 2 rings (SSSR count). The Morgan fingerprint density at radius 1 is 1.22 bits per heavy atom. The summed E-state index contributed by atoms with van der Waals surface area (Å²) >= 11 is 0. The molecule has 1 aromatic carbocycles. The Hall–Kier alpha value is -1.32. The lowest BCUT2D eigenvalue weighted by atomic mass is 10.2. The Morgan fingerprint density at radius 2 is 2.06 bits per heavy atom. The average molecular weight is 248 g/mol. The summed E-state index contributed by atoms with van der Waals surface area (Å²) in [6.45, 7) is 1.12. The molecule has 0 amide bonds. The summed E-state index contributed by atoms with van der Waals surface area (Å²) in [5.41, 5.74) is 1.18. The maximum absolute atomic E-state index is 5.71. The second kappa shape index (κ2) is 7.19. The lowest BCUT2D eigenvalue weighted by Crippen LogP contribution is -2.15. The SMILES string of the molecule is CO[C@@H]1CCCC=C(COCc2ccccc2)O1. The Bertz CT molecular complexity index is 373. The molecule has 1 aliphatic heterocycles. The maximum atomic E-state index is 5.71. The molecule has 0 N–H and O–H groups in total. The summed E-state index contributed by atoms with van der Waals surface area (Å²) < 4.78 is 16.6. The monoisotopic (exact) mass is 248 g/mol. The van der Waals surface area contributed by atoms with E-state index >= 15 is 0 Å². The first-order valence-corrected chi connectivity index (χ1v) is 6.38. The van der Waals surface area contributed by atoms with E-state index in [-0.39, 0.29) is 6.29 Å². The van der Waals surface area contributed by atoms with Crippen molar-refractivity contribution in [2.45, 2.75) is 32.2 Å². The number of rotatable bonds is 5. The second-order valence-corrected chi connectivity index (χ2v) is 4.36. The summed E-state index contributed by atoms with van der Waals surface area (Å²) in [6.07, 6.45) is 5.04. The molecule has 1 atom stereocenters. The molecule has 1 aromatic rings. The van der Waals surface area contributed by atoms with E-state index in [1.165, 1.54) is 5.56 Å². The van der Waals surface area contributed by atoms with Crippen molar-refractivity contribution in [1.82, 2.24) is 0 Å². The Morgan fingerprint density at radius 3 is 2.83 bits per heavy atom. The van der Waals surface area contributed by atoms with E-state index in [1.807, 2.05) is 18.2 Å². The fraction of sp³-hybridized carbons (Fsp3) is 0.467. The normalized spacial score (nSPS) is 19.8. The highest BCUT2D eigenvalue weighted by molar-refractivity contribution is 5.13. The minimum atomic E-state index is -0.126. The van der Waals surface area contributed by atoms with Gasteiger partial charge in [-0.3, -0.25) is 0 Å². The first-order valence-electron chi connectivity index (χ1n) is 6.38. The fourth-order valence-electron chi connectivity index (χ4n) is 1.93. The quantitative estimate of drug-likeness (QED) is 0.800. The molecular formula is C15H20O3. The van der Waals surface area contributed by atoms with Crippen LogP contribution in [-0.4, -0.2) is 20.0 Å². The molecule has 0 saturated heterocycles. The van der Waals surface area contributed by atoms with E-state index in [2.05, 4.69) is 18.2 Å². The third-order valence-corrected chi connectivity index (χ3v) is 2.92. The van der Waals surface area contributed by atoms with Gasteiger partial charge in [-0.1, -0.05) is 30.3 Å². The highest BCUT2D eigenvalue weighted by Crippen LogP contribution is 2.17. The minimum absolute atomic E-state index is 0.126. The lowest BCUT2D eigenvalue weighted by Gasteiger charge is -2.17. The van der Waals surface area contributed by atoms with E-state index in [1.54, 1.807) is 7.11 Å². The van der Waals surface area contributed by atoms with Crippen molar-refractivity contribution < 1.29 is 14.2 Å². The van der Waals surface area contributed by atoms with Crippen molar-refractivity contribution in [1.29, 1.82) is 0 Å². The van der Waals surface area contributed by atoms with Crippen LogP contribution in [0.4, 0.5) is 0 Å². The zero-order valence-electron chi connectivity index (χ0n) is 10.8. The van der Waals surface area contributed by atoms with Crippen molar-refractivity contribution in [3.63, 3.8) is 0 Å². The van der Waals surface area contributed by atoms with Crippen LogP contribution in [0.25, 0.3) is 0 Å². The fourth-order valence-corrected chi connectivity index (χ4v) is 1.93. The highest BCUT2D eigenvalue weighted by atomic mass is 16.7. The van der Waals surface area contributed by atoms with Gasteiger partial charge in [-0.25, -0.2) is 0 Å². The summed E-state index contributed by atoms with van der Waals surface area (Å²) in [4.78, 5) is 0. The smallest absolute Gasteiger partial charge is 0.199 e. The molecule has 1 aliphatic rings. The predicted molar refractivity (Wildman–Crippen MR) is 69.9 cm³/mol. The number of hydrogen-bond acceptors (Lipinski definition) is 3. The first-order chi connectivity index (χ1) is 8.88. The van der Waals surface area contributed by atoms with E-state index in [0.29, 0.717) is 13.2 Å². The molecule has 0 fully saturated rings. The zero-order valence-corrected chi connectivity index (χ0v) is 10.8. The molecule has 0 saturated carbocycles. The van der Waals surface area contributed by atoms with Gasteiger partial charge in [0.25, 0.3) is 0 Å². The molecule has 1 heterocycles. The van der Waals surface area contributed by atoms with E-state index in [0.717, 1.165) is 25.0 Å². The Labute approximate surface area is 108 Å². The standard InChI is InChI=1S/C15H20O3/c1-16-15-10-6-5-9-14(18-15)12-17-11-13-7-3-2-4-8-13/h2-4,7-9,15H,5-6,10-12H2,1H3/t15-/m0/s1. The topological polar surface area (TPSA) is 27.7 Å². The summed E-state index contributed by atoms with van der Waals surface area (Å²) in [7, 11) is 1.68. The van der Waals surface area contributed by atoms with Crippen LogP contribution in [0.5, 0.6) is 0 Å². The van der Waals surface area contributed by atoms with Gasteiger partial charge in [0.2, 0.25) is 0 Å². The van der Waals surface area contributed by atoms with Gasteiger partial charge >= 0.3 is 0 Å². The van der Waals surface area contributed by atoms with Crippen molar-refractivity contribution in [2.24, 2.45) is 0 Å². The highest BCUT2D eigenvalue weighted by Gasteiger charge is 2.13. The number of benzene rings is 1. The largest absolute Gasteiger partial charge is 0.467 e. The average Bonchev–Trinajstić information content (AvgIpc) is 2.65. The van der Waals surface area contributed by atoms with Crippen LogP contribution in [-0.2, 0) is 20.8 Å². The van der Waals surface area contributed by atoms with Crippen LogP contribution in [0.2, 0.25) is 0 Å². The Kier molecular flexibility index (Phi) is 5.24. The van der Waals surface area contributed by atoms with Crippen molar-refractivity contribution >= 4 is 0 Å². The molecular weight excluding hydrogens is 228 g/mol. The van der Waals surface area contributed by atoms with Crippen LogP contribution in [0.1, 0.15) is 24.8 Å². The molecule has 0 radical (unpaired) electrons. The number of ether oxygens (including phenoxy) is 3. The van der Waals surface area contributed by atoms with Crippen LogP contribution < -0.4 is 0 Å². The van der Waals surface area contributed by atoms with Gasteiger partial charge in [0.15, 0.2) is 6.29 Å². The predicted octanol–water partition coefficient (Wildman–Crippen LogP) is 3.26. The summed E-state index contributed by atoms with van der Waals surface area (Å²) in [5, 5.41) is 0. The molecule has 0 spiro atoms. The van der Waals surface area contributed by atoms with Crippen LogP contribution >= 0.6 is 0 Å². The first kappa shape index (κ1) is 13.1. The molecule has 3 nitrogen and oxygen atoms in total. The van der Waals surface area contributed by atoms with Gasteiger partial charge < -0.3 is 14.2 Å². The number of allylic oxidation sites excluding steroid dienone is 1. The van der Waals surface area contributed by atoms with Gasteiger partial charge in [-0.15, -0.1) is 0 Å². The van der Waals surface area contributed by atoms with E-state index < -0.39 is 0 Å². The van der Waals surface area contributed by atoms with Crippen molar-refractivity contribution in [3.05, 3.63) is 47.7 Å². The zero-order chi connectivity index (χ0) is 12.6. The van der Waals surface area contributed by atoms with Crippen molar-refractivity contribution in [2.75, 3.05) is 13.7 Å². The third-order valence-electron chi connectivity index (χ3n) is 2.92. The van der Waals surface area contributed by atoms with Gasteiger partial charge in [-0.05, 0) is 24.5 Å². The van der Waals surface area contributed by atoms with Gasteiger partial charge in [0.1, 0.15) is 12.4 Å². The number of hydrogen-bond donors (Lipinski definition) is 0. The lowest BCUT2D eigenvalue weighted by molar-refractivity contribution is -0.105. The molecule has 0 aromatic heterocycles. The van der Waals surface area contributed by atoms with Gasteiger partial charge in [-0.2, -0.15) is 0 Å².